The topological polar surface area (TPSA) is 19.4 Å². The molecular formula is C48H100N6. The number of piperidine rings is 4. The van der Waals surface area contributed by atoms with E-state index in [1.807, 2.05) is 13.8 Å². The molecule has 0 aromatic rings. The van der Waals surface area contributed by atoms with Crippen LogP contribution in [0.15, 0.2) is 0 Å². The second-order valence-corrected chi connectivity index (χ2v) is 19.7. The molecule has 0 bridgehead atoms. The van der Waals surface area contributed by atoms with E-state index in [0.717, 1.165) is 47.5 Å². The van der Waals surface area contributed by atoms with Crippen LogP contribution in [0.1, 0.15) is 154 Å². The van der Waals surface area contributed by atoms with Gasteiger partial charge in [-0.3, -0.25) is 9.80 Å². The average Bonchev–Trinajstić information content (AvgIpc) is 3.19. The Morgan fingerprint density at radius 2 is 0.833 bits per heavy atom. The second kappa shape index (κ2) is 28.2. The van der Waals surface area contributed by atoms with Crippen LogP contribution >= 0.6 is 0 Å². The molecule has 0 aromatic carbocycles. The molecule has 0 radical (unpaired) electrons. The molecule has 0 aliphatic carbocycles. The molecule has 0 N–H and O–H groups in total. The minimum Gasteiger partial charge on any atom is -0.306 e. The lowest BCUT2D eigenvalue weighted by Gasteiger charge is -2.39. The third kappa shape index (κ3) is 20.0. The molecule has 1 atom stereocenters. The summed E-state index contributed by atoms with van der Waals surface area (Å²) in [6.07, 6.45) is 15.7. The van der Waals surface area contributed by atoms with Gasteiger partial charge in [-0.05, 0) is 199 Å². The number of likely N-dealkylation sites (tertiary alicyclic amines) is 4. The van der Waals surface area contributed by atoms with Crippen molar-refractivity contribution in [3.63, 3.8) is 0 Å². The van der Waals surface area contributed by atoms with Crippen molar-refractivity contribution in [3.05, 3.63) is 0 Å². The van der Waals surface area contributed by atoms with Crippen LogP contribution in [-0.4, -0.2) is 147 Å². The fourth-order valence-corrected chi connectivity index (χ4v) is 9.63. The van der Waals surface area contributed by atoms with Gasteiger partial charge < -0.3 is 19.6 Å². The van der Waals surface area contributed by atoms with Crippen molar-refractivity contribution in [1.82, 2.24) is 29.4 Å². The number of hydrogen-bond acceptors (Lipinski definition) is 6. The first-order valence-electron chi connectivity index (χ1n) is 24.2. The predicted octanol–water partition coefficient (Wildman–Crippen LogP) is 10.0. The largest absolute Gasteiger partial charge is 0.306 e. The van der Waals surface area contributed by atoms with E-state index in [-0.39, 0.29) is 0 Å². The molecule has 54 heavy (non-hydrogen) atoms. The van der Waals surface area contributed by atoms with Gasteiger partial charge in [-0.2, -0.15) is 0 Å². The molecule has 1 unspecified atom stereocenters. The number of piperazine rings is 1. The van der Waals surface area contributed by atoms with Gasteiger partial charge in [-0.1, -0.05) is 61.8 Å². The van der Waals surface area contributed by atoms with Gasteiger partial charge in [-0.25, -0.2) is 0 Å². The highest BCUT2D eigenvalue weighted by Gasteiger charge is 2.26. The summed E-state index contributed by atoms with van der Waals surface area (Å²) in [6, 6.07) is 1.46. The zero-order chi connectivity index (χ0) is 40.0. The summed E-state index contributed by atoms with van der Waals surface area (Å²) < 4.78 is 0. The summed E-state index contributed by atoms with van der Waals surface area (Å²) in [5.41, 5.74) is 0. The van der Waals surface area contributed by atoms with Gasteiger partial charge in [0.05, 0.1) is 0 Å². The van der Waals surface area contributed by atoms with Crippen LogP contribution in [0, 0.1) is 41.4 Å². The van der Waals surface area contributed by atoms with Gasteiger partial charge in [0, 0.05) is 51.4 Å². The Labute approximate surface area is 340 Å². The maximum absolute atomic E-state index is 2.73. The van der Waals surface area contributed by atoms with E-state index in [1.165, 1.54) is 169 Å². The Morgan fingerprint density at radius 3 is 1.24 bits per heavy atom. The van der Waals surface area contributed by atoms with Gasteiger partial charge in [0.15, 0.2) is 0 Å². The molecule has 6 nitrogen and oxygen atoms in total. The Balaban J connectivity index is 0.000000282. The van der Waals surface area contributed by atoms with E-state index in [9.17, 15) is 0 Å². The second-order valence-electron chi connectivity index (χ2n) is 19.7. The van der Waals surface area contributed by atoms with E-state index in [2.05, 4.69) is 106 Å². The molecule has 322 valence electrons. The van der Waals surface area contributed by atoms with Crippen molar-refractivity contribution in [2.45, 2.75) is 166 Å². The van der Waals surface area contributed by atoms with Crippen molar-refractivity contribution in [2.24, 2.45) is 41.4 Å². The minimum absolute atomic E-state index is 0.715. The van der Waals surface area contributed by atoms with Crippen LogP contribution in [0.3, 0.4) is 0 Å². The summed E-state index contributed by atoms with van der Waals surface area (Å²) in [7, 11) is 2.24. The van der Waals surface area contributed by atoms with E-state index < -0.39 is 0 Å². The molecule has 5 aliphatic heterocycles. The quantitative estimate of drug-likeness (QED) is 0.185. The van der Waals surface area contributed by atoms with Gasteiger partial charge in [0.1, 0.15) is 0 Å². The maximum atomic E-state index is 2.73. The molecule has 5 heterocycles. The Kier molecular flexibility index (Phi) is 26.1. The van der Waals surface area contributed by atoms with Crippen molar-refractivity contribution in [1.29, 1.82) is 0 Å². The predicted molar refractivity (Wildman–Crippen MR) is 241 cm³/mol. The van der Waals surface area contributed by atoms with Crippen molar-refractivity contribution in [3.8, 4) is 0 Å². The maximum Gasteiger partial charge on any atom is 0.0113 e. The summed E-state index contributed by atoms with van der Waals surface area (Å²) in [4.78, 5) is 15.8. The Hall–Kier alpha value is -0.240. The lowest BCUT2D eigenvalue weighted by atomic mass is 9.86. The van der Waals surface area contributed by atoms with Crippen LogP contribution in [0.25, 0.3) is 0 Å². The molecular weight excluding hydrogens is 661 g/mol. The van der Waals surface area contributed by atoms with E-state index in [4.69, 9.17) is 0 Å². The fraction of sp³-hybridized carbons (Fsp3) is 1.00. The number of hydrogen-bond donors (Lipinski definition) is 0. The van der Waals surface area contributed by atoms with Gasteiger partial charge >= 0.3 is 0 Å². The van der Waals surface area contributed by atoms with Gasteiger partial charge in [0.2, 0.25) is 0 Å². The van der Waals surface area contributed by atoms with Gasteiger partial charge in [0.25, 0.3) is 0 Å². The lowest BCUT2D eigenvalue weighted by molar-refractivity contribution is 0.0887. The monoisotopic (exact) mass is 761 g/mol. The standard InChI is InChI=1S/C18H36N2.C17H35N3.C11H23N.C2H6/c1-15(2)18-8-11-19(12-9-18)10-5-17-6-13-20(14-7-17)16(3)4;1-15(2)17-5-7-18(8-6-17)9-10-19-11-13-20(14-12-19)16(3)4;1-4-10(2)9-11-5-7-12(3)8-6-11;1-2/h15-18H,5-14H2,1-4H3;15-17H,5-14H2,1-4H3;10-11H,4-9H2,1-3H3;1-2H3. The highest BCUT2D eigenvalue weighted by molar-refractivity contribution is 4.80. The smallest absolute Gasteiger partial charge is 0.0113 e. The molecule has 5 aliphatic rings. The molecule has 0 spiro atoms. The van der Waals surface area contributed by atoms with Crippen LogP contribution in [0.4, 0.5) is 0 Å². The summed E-state index contributed by atoms with van der Waals surface area (Å²) in [6.45, 7) is 47.2. The van der Waals surface area contributed by atoms with E-state index in [0.29, 0.717) is 6.04 Å². The number of rotatable bonds is 13. The van der Waals surface area contributed by atoms with E-state index >= 15 is 0 Å². The minimum atomic E-state index is 0.715. The van der Waals surface area contributed by atoms with Crippen molar-refractivity contribution >= 4 is 0 Å². The molecule has 0 amide bonds. The molecule has 0 aromatic heterocycles. The summed E-state index contributed by atoms with van der Waals surface area (Å²) in [5.74, 6) is 6.68. The van der Waals surface area contributed by atoms with Crippen LogP contribution < -0.4 is 0 Å². The van der Waals surface area contributed by atoms with Crippen LogP contribution in [0.2, 0.25) is 0 Å². The third-order valence-electron chi connectivity index (χ3n) is 14.5. The SMILES string of the molecule is CC.CC(C)C1CCN(CCC2CCN(C(C)C)CC2)CC1.CC(C)C1CCN(CCN2CCN(C(C)C)CC2)CC1.CCC(C)CC1CCN(C)CC1. The van der Waals surface area contributed by atoms with Crippen LogP contribution in [-0.2, 0) is 0 Å². The first kappa shape index (κ1) is 49.9. The highest BCUT2D eigenvalue weighted by Crippen LogP contribution is 2.28. The zero-order valence-electron chi connectivity index (χ0n) is 39.3. The normalized spacial score (nSPS) is 23.9. The number of nitrogens with zero attached hydrogens (tertiary/aromatic N) is 6. The molecule has 5 fully saturated rings. The summed E-state index contributed by atoms with van der Waals surface area (Å²) in [5, 5.41) is 0. The lowest BCUT2D eigenvalue weighted by Crippen LogP contribution is -2.50. The molecule has 6 heteroatoms. The molecule has 0 saturated carbocycles. The molecule has 5 saturated heterocycles. The van der Waals surface area contributed by atoms with Crippen molar-refractivity contribution in [2.75, 3.05) is 105 Å². The third-order valence-corrected chi connectivity index (χ3v) is 14.5. The Morgan fingerprint density at radius 1 is 0.444 bits per heavy atom. The zero-order valence-corrected chi connectivity index (χ0v) is 39.3. The summed E-state index contributed by atoms with van der Waals surface area (Å²) >= 11 is 0. The average molecular weight is 761 g/mol. The van der Waals surface area contributed by atoms with Gasteiger partial charge in [-0.15, -0.1) is 0 Å². The van der Waals surface area contributed by atoms with Crippen molar-refractivity contribution < 1.29 is 0 Å². The molecule has 5 rings (SSSR count). The fourth-order valence-electron chi connectivity index (χ4n) is 9.63. The first-order chi connectivity index (χ1) is 25.8. The Bertz CT molecular complexity index is 740. The van der Waals surface area contributed by atoms with E-state index in [1.54, 1.807) is 0 Å². The first-order valence-corrected chi connectivity index (χ1v) is 24.2. The highest BCUT2D eigenvalue weighted by atomic mass is 15.3. The van der Waals surface area contributed by atoms with Crippen LogP contribution in [0.5, 0.6) is 0 Å².